The van der Waals surface area contributed by atoms with Crippen LogP contribution in [0, 0.1) is 0 Å². The number of aromatic hydroxyl groups is 1. The lowest BCUT2D eigenvalue weighted by atomic mass is 10.1. The first kappa shape index (κ1) is 13.3. The highest BCUT2D eigenvalue weighted by Crippen LogP contribution is 2.35. The highest BCUT2D eigenvalue weighted by atomic mass is 35.5. The molecule has 0 aromatic heterocycles. The summed E-state index contributed by atoms with van der Waals surface area (Å²) in [4.78, 5) is 23.0. The molecule has 1 aromatic carbocycles. The molecule has 0 amide bonds. The van der Waals surface area contributed by atoms with Crippen LogP contribution in [0.5, 0.6) is 11.5 Å². The molecule has 92 valence electrons. The second-order valence-electron chi connectivity index (χ2n) is 3.02. The van der Waals surface area contributed by atoms with Gasteiger partial charge < -0.3 is 14.6 Å². The monoisotopic (exact) mass is 258 g/mol. The molecule has 1 N–H and O–H groups in total. The van der Waals surface area contributed by atoms with Gasteiger partial charge in [0.25, 0.3) is 5.78 Å². The van der Waals surface area contributed by atoms with E-state index < -0.39 is 11.8 Å². The quantitative estimate of drug-likeness (QED) is 0.506. The summed E-state index contributed by atoms with van der Waals surface area (Å²) in [5.41, 5.74) is -0.201. The number of benzene rings is 1. The van der Waals surface area contributed by atoms with E-state index in [1.54, 1.807) is 6.92 Å². The molecule has 0 aliphatic rings. The summed E-state index contributed by atoms with van der Waals surface area (Å²) in [6.07, 6.45) is 0. The average molecular weight is 259 g/mol. The van der Waals surface area contributed by atoms with Crippen molar-refractivity contribution in [2.45, 2.75) is 6.92 Å². The summed E-state index contributed by atoms with van der Waals surface area (Å²) >= 11 is 5.80. The second kappa shape index (κ2) is 5.54. The Hall–Kier alpha value is -1.75. The van der Waals surface area contributed by atoms with Gasteiger partial charge in [-0.25, -0.2) is 4.79 Å². The van der Waals surface area contributed by atoms with Gasteiger partial charge in [-0.05, 0) is 19.1 Å². The number of hydrogen-bond donors (Lipinski definition) is 1. The van der Waals surface area contributed by atoms with Crippen molar-refractivity contribution in [1.82, 2.24) is 0 Å². The molecule has 0 heterocycles. The van der Waals surface area contributed by atoms with Crippen molar-refractivity contribution in [2.24, 2.45) is 0 Å². The predicted molar refractivity (Wildman–Crippen MR) is 60.6 cm³/mol. The Morgan fingerprint density at radius 2 is 2.06 bits per heavy atom. The molecule has 1 rings (SSSR count). The van der Waals surface area contributed by atoms with E-state index in [9.17, 15) is 14.7 Å². The van der Waals surface area contributed by atoms with Crippen LogP contribution in [0.4, 0.5) is 0 Å². The number of halogens is 1. The molecule has 0 aliphatic carbocycles. The lowest BCUT2D eigenvalue weighted by molar-refractivity contribution is -0.137. The molecule has 0 aliphatic heterocycles. The number of ketones is 1. The Labute approximate surface area is 103 Å². The van der Waals surface area contributed by atoms with E-state index in [2.05, 4.69) is 4.74 Å². The maximum absolute atomic E-state index is 11.7. The topological polar surface area (TPSA) is 72.8 Å². The zero-order valence-electron chi connectivity index (χ0n) is 9.32. The van der Waals surface area contributed by atoms with Gasteiger partial charge in [0.2, 0.25) is 0 Å². The molecule has 6 heteroatoms. The van der Waals surface area contributed by atoms with Gasteiger partial charge in [0.1, 0.15) is 0 Å². The maximum atomic E-state index is 11.7. The first-order valence-electron chi connectivity index (χ1n) is 4.79. The number of phenolic OH excluding ortho intramolecular Hbond substituents is 1. The van der Waals surface area contributed by atoms with Crippen LogP contribution in [0.25, 0.3) is 0 Å². The fourth-order valence-corrected chi connectivity index (χ4v) is 1.50. The van der Waals surface area contributed by atoms with Crippen LogP contribution in [0.3, 0.4) is 0 Å². The SMILES string of the molecule is CCOC(=O)C(=O)c1c(Cl)ccc(O)c1OC. The number of Topliss-reactive ketones (excluding diaryl/α,β-unsaturated/α-hetero) is 1. The van der Waals surface area contributed by atoms with E-state index in [4.69, 9.17) is 16.3 Å². The Bertz CT molecular complexity index is 455. The van der Waals surface area contributed by atoms with E-state index >= 15 is 0 Å². The highest BCUT2D eigenvalue weighted by molar-refractivity contribution is 6.46. The van der Waals surface area contributed by atoms with Crippen LogP contribution in [-0.4, -0.2) is 30.6 Å². The first-order valence-corrected chi connectivity index (χ1v) is 5.17. The van der Waals surface area contributed by atoms with Crippen LogP contribution >= 0.6 is 11.6 Å². The van der Waals surface area contributed by atoms with E-state index in [-0.39, 0.29) is 28.7 Å². The third kappa shape index (κ3) is 2.68. The summed E-state index contributed by atoms with van der Waals surface area (Å²) in [5, 5.41) is 9.50. The molecule has 0 saturated carbocycles. The Morgan fingerprint density at radius 3 is 2.59 bits per heavy atom. The van der Waals surface area contributed by atoms with Crippen molar-refractivity contribution in [3.63, 3.8) is 0 Å². The Morgan fingerprint density at radius 1 is 1.41 bits per heavy atom. The van der Waals surface area contributed by atoms with Crippen LogP contribution in [-0.2, 0) is 9.53 Å². The normalized spacial score (nSPS) is 9.82. The van der Waals surface area contributed by atoms with E-state index in [1.807, 2.05) is 0 Å². The van der Waals surface area contributed by atoms with Gasteiger partial charge in [-0.15, -0.1) is 0 Å². The van der Waals surface area contributed by atoms with Crippen LogP contribution in [0.1, 0.15) is 17.3 Å². The van der Waals surface area contributed by atoms with Crippen LogP contribution in [0.15, 0.2) is 12.1 Å². The fourth-order valence-electron chi connectivity index (χ4n) is 1.26. The number of methoxy groups -OCH3 is 1. The lowest BCUT2D eigenvalue weighted by Crippen LogP contribution is -2.18. The second-order valence-corrected chi connectivity index (χ2v) is 3.43. The van der Waals surface area contributed by atoms with Gasteiger partial charge in [-0.2, -0.15) is 0 Å². The van der Waals surface area contributed by atoms with Crippen molar-refractivity contribution in [2.75, 3.05) is 13.7 Å². The summed E-state index contributed by atoms with van der Waals surface area (Å²) in [5.74, 6) is -2.41. The molecule has 0 atom stereocenters. The minimum absolute atomic E-state index is 0.0118. The molecule has 0 saturated heterocycles. The van der Waals surface area contributed by atoms with Crippen molar-refractivity contribution >= 4 is 23.4 Å². The molecule has 0 spiro atoms. The highest BCUT2D eigenvalue weighted by Gasteiger charge is 2.26. The minimum atomic E-state index is -1.04. The molecule has 5 nitrogen and oxygen atoms in total. The number of phenols is 1. The number of hydrogen-bond acceptors (Lipinski definition) is 5. The number of rotatable bonds is 4. The Balaban J connectivity index is 3.25. The van der Waals surface area contributed by atoms with Gasteiger partial charge in [0.05, 0.1) is 24.3 Å². The molecule has 0 unspecified atom stereocenters. The third-order valence-electron chi connectivity index (χ3n) is 1.98. The van der Waals surface area contributed by atoms with Crippen LogP contribution in [0.2, 0.25) is 5.02 Å². The number of esters is 1. The van der Waals surface area contributed by atoms with E-state index in [0.29, 0.717) is 0 Å². The summed E-state index contributed by atoms with van der Waals surface area (Å²) in [6.45, 7) is 1.65. The number of carbonyl (C=O) groups excluding carboxylic acids is 2. The van der Waals surface area contributed by atoms with Crippen molar-refractivity contribution < 1.29 is 24.2 Å². The fraction of sp³-hybridized carbons (Fsp3) is 0.273. The summed E-state index contributed by atoms with van der Waals surface area (Å²) < 4.78 is 9.41. The third-order valence-corrected chi connectivity index (χ3v) is 2.29. The van der Waals surface area contributed by atoms with Gasteiger partial charge in [-0.1, -0.05) is 11.6 Å². The largest absolute Gasteiger partial charge is 0.504 e. The van der Waals surface area contributed by atoms with Gasteiger partial charge in [0.15, 0.2) is 11.5 Å². The molecular formula is C11H11ClO5. The standard InChI is InChI=1S/C11H11ClO5/c1-3-17-11(15)9(14)8-6(12)4-5-7(13)10(8)16-2/h4-5,13H,3H2,1-2H3. The van der Waals surface area contributed by atoms with Gasteiger partial charge >= 0.3 is 5.97 Å². The molecule has 0 bridgehead atoms. The number of carbonyl (C=O) groups is 2. The minimum Gasteiger partial charge on any atom is -0.504 e. The zero-order chi connectivity index (χ0) is 13.0. The number of ether oxygens (including phenoxy) is 2. The van der Waals surface area contributed by atoms with Gasteiger partial charge in [0, 0.05) is 0 Å². The van der Waals surface area contributed by atoms with E-state index in [1.165, 1.54) is 19.2 Å². The summed E-state index contributed by atoms with van der Waals surface area (Å²) in [7, 11) is 1.26. The van der Waals surface area contributed by atoms with Crippen molar-refractivity contribution in [3.8, 4) is 11.5 Å². The molecule has 17 heavy (non-hydrogen) atoms. The first-order chi connectivity index (χ1) is 8.02. The lowest BCUT2D eigenvalue weighted by Gasteiger charge is -2.10. The molecule has 0 radical (unpaired) electrons. The maximum Gasteiger partial charge on any atom is 0.379 e. The van der Waals surface area contributed by atoms with Crippen molar-refractivity contribution in [3.05, 3.63) is 22.7 Å². The van der Waals surface area contributed by atoms with E-state index in [0.717, 1.165) is 0 Å². The Kier molecular flexibility index (Phi) is 4.34. The van der Waals surface area contributed by atoms with Crippen molar-refractivity contribution in [1.29, 1.82) is 0 Å². The molecule has 1 aromatic rings. The zero-order valence-corrected chi connectivity index (χ0v) is 10.1. The molecular weight excluding hydrogens is 248 g/mol. The van der Waals surface area contributed by atoms with Gasteiger partial charge in [-0.3, -0.25) is 4.79 Å². The predicted octanol–water partition coefficient (Wildman–Crippen LogP) is 1.80. The smallest absolute Gasteiger partial charge is 0.379 e. The summed E-state index contributed by atoms with van der Waals surface area (Å²) in [6, 6.07) is 2.56. The molecule has 0 fully saturated rings. The average Bonchev–Trinajstić information content (AvgIpc) is 2.31. The van der Waals surface area contributed by atoms with Crippen LogP contribution < -0.4 is 4.74 Å².